The van der Waals surface area contributed by atoms with Gasteiger partial charge in [-0.2, -0.15) is 10.2 Å². The molecule has 1 aromatic carbocycles. The molecule has 0 saturated heterocycles. The first-order chi connectivity index (χ1) is 10.2. The predicted molar refractivity (Wildman–Crippen MR) is 73.1 cm³/mol. The van der Waals surface area contributed by atoms with Crippen LogP contribution in [-0.2, 0) is 0 Å². The lowest BCUT2D eigenvalue weighted by Gasteiger charge is -1.99. The first-order valence-electron chi connectivity index (χ1n) is 5.92. The van der Waals surface area contributed by atoms with Gasteiger partial charge in [-0.15, -0.1) is 0 Å². The summed E-state index contributed by atoms with van der Waals surface area (Å²) in [6.45, 7) is 0.0454. The summed E-state index contributed by atoms with van der Waals surface area (Å²) in [5.74, 6) is 1.32. The summed E-state index contributed by atoms with van der Waals surface area (Å²) in [5.41, 5.74) is 0.150. The fraction of sp³-hybridized carbons (Fsp3) is 0.0769. The lowest BCUT2D eigenvalue weighted by Crippen LogP contribution is -1.94. The van der Waals surface area contributed by atoms with E-state index in [0.717, 1.165) is 0 Å². The zero-order valence-electron chi connectivity index (χ0n) is 10.6. The molecule has 2 heterocycles. The Balaban J connectivity index is 1.85. The summed E-state index contributed by atoms with van der Waals surface area (Å²) >= 11 is 0. The molecule has 0 saturated carbocycles. The number of ether oxygens (including phenoxy) is 2. The molecule has 0 radical (unpaired) electrons. The minimum absolute atomic E-state index is 0.0454. The topological polar surface area (TPSA) is 99.5 Å². The van der Waals surface area contributed by atoms with Crippen LogP contribution in [0.1, 0.15) is 11.3 Å². The third kappa shape index (κ3) is 2.73. The average Bonchev–Trinajstić information content (AvgIpc) is 3.13. The Bertz CT molecular complexity index is 722. The van der Waals surface area contributed by atoms with Crippen molar-refractivity contribution >= 4 is 18.1 Å². The summed E-state index contributed by atoms with van der Waals surface area (Å²) in [6.07, 6.45) is 4.18. The summed E-state index contributed by atoms with van der Waals surface area (Å²) < 4.78 is 15.3. The van der Waals surface area contributed by atoms with Crippen LogP contribution in [0.15, 0.2) is 45.1 Å². The van der Waals surface area contributed by atoms with E-state index in [1.54, 1.807) is 12.1 Å². The number of nitro groups is 1. The molecule has 2 aromatic rings. The van der Waals surface area contributed by atoms with Gasteiger partial charge >= 0.3 is 0 Å². The summed E-state index contributed by atoms with van der Waals surface area (Å²) in [6, 6.07) is 6.22. The van der Waals surface area contributed by atoms with Crippen molar-refractivity contribution in [2.45, 2.75) is 0 Å². The number of hydrogen-bond acceptors (Lipinski definition) is 7. The molecule has 0 amide bonds. The Morgan fingerprint density at radius 2 is 1.95 bits per heavy atom. The third-order valence-electron chi connectivity index (χ3n) is 2.71. The second-order valence-corrected chi connectivity index (χ2v) is 4.03. The molecule has 8 heteroatoms. The molecule has 1 aliphatic heterocycles. The molecule has 0 bridgehead atoms. The van der Waals surface area contributed by atoms with Gasteiger partial charge in [-0.25, -0.2) is 0 Å². The molecular formula is C13H9N3O5. The second kappa shape index (κ2) is 5.45. The third-order valence-corrected chi connectivity index (χ3v) is 2.71. The maximum absolute atomic E-state index is 11.0. The van der Waals surface area contributed by atoms with Crippen LogP contribution in [-0.4, -0.2) is 24.1 Å². The highest BCUT2D eigenvalue weighted by atomic mass is 16.7. The van der Waals surface area contributed by atoms with Crippen LogP contribution in [0.5, 0.6) is 11.5 Å². The molecule has 106 valence electrons. The van der Waals surface area contributed by atoms with E-state index in [1.165, 1.54) is 30.8 Å². The number of furan rings is 1. The lowest BCUT2D eigenvalue weighted by molar-refractivity contribution is -0.385. The monoisotopic (exact) mass is 287 g/mol. The van der Waals surface area contributed by atoms with Gasteiger partial charge in [-0.1, -0.05) is 0 Å². The summed E-state index contributed by atoms with van der Waals surface area (Å²) in [5, 5.41) is 18.6. The van der Waals surface area contributed by atoms with Crippen molar-refractivity contribution in [2.75, 3.05) is 6.79 Å². The molecule has 0 spiro atoms. The Kier molecular flexibility index (Phi) is 3.34. The number of hydrogen-bond donors (Lipinski definition) is 0. The largest absolute Gasteiger partial charge is 0.463 e. The van der Waals surface area contributed by atoms with Crippen LogP contribution in [0.3, 0.4) is 0 Å². The molecule has 0 atom stereocenters. The van der Waals surface area contributed by atoms with E-state index in [2.05, 4.69) is 10.2 Å². The Morgan fingerprint density at radius 3 is 2.67 bits per heavy atom. The van der Waals surface area contributed by atoms with Crippen LogP contribution in [0, 0.1) is 10.1 Å². The molecule has 8 nitrogen and oxygen atoms in total. The molecule has 0 aliphatic carbocycles. The highest BCUT2D eigenvalue weighted by Gasteiger charge is 2.22. The molecule has 0 N–H and O–H groups in total. The molecule has 1 aromatic heterocycles. The minimum atomic E-state index is -0.514. The number of nitro benzene ring substituents is 1. The van der Waals surface area contributed by atoms with Gasteiger partial charge in [-0.05, 0) is 18.2 Å². The van der Waals surface area contributed by atoms with Crippen LogP contribution >= 0.6 is 0 Å². The van der Waals surface area contributed by atoms with Gasteiger partial charge in [0.05, 0.1) is 35.2 Å². The number of fused-ring (bicyclic) bond motifs is 1. The van der Waals surface area contributed by atoms with E-state index >= 15 is 0 Å². The zero-order valence-corrected chi connectivity index (χ0v) is 10.6. The van der Waals surface area contributed by atoms with Crippen LogP contribution in [0.2, 0.25) is 0 Å². The van der Waals surface area contributed by atoms with Crippen molar-refractivity contribution in [3.05, 3.63) is 52.0 Å². The SMILES string of the molecule is O=[N+]([O-])c1cc2c(cc1/C=N/N=Cc1ccco1)OCO2. The van der Waals surface area contributed by atoms with Gasteiger partial charge < -0.3 is 13.9 Å². The molecule has 21 heavy (non-hydrogen) atoms. The van der Waals surface area contributed by atoms with Crippen molar-refractivity contribution in [2.24, 2.45) is 10.2 Å². The fourth-order valence-electron chi connectivity index (χ4n) is 1.76. The molecular weight excluding hydrogens is 278 g/mol. The Labute approximate surface area is 118 Å². The van der Waals surface area contributed by atoms with Crippen LogP contribution in [0.25, 0.3) is 0 Å². The normalized spacial score (nSPS) is 13.3. The lowest BCUT2D eigenvalue weighted by atomic mass is 10.1. The highest BCUT2D eigenvalue weighted by Crippen LogP contribution is 2.37. The maximum atomic E-state index is 11.0. The van der Waals surface area contributed by atoms with Crippen molar-refractivity contribution in [1.82, 2.24) is 0 Å². The van der Waals surface area contributed by atoms with Crippen molar-refractivity contribution < 1.29 is 18.8 Å². The van der Waals surface area contributed by atoms with Gasteiger partial charge in [0.1, 0.15) is 5.76 Å². The molecule has 0 fully saturated rings. The fourth-order valence-corrected chi connectivity index (χ4v) is 1.76. The van der Waals surface area contributed by atoms with Crippen LogP contribution < -0.4 is 9.47 Å². The second-order valence-electron chi connectivity index (χ2n) is 4.03. The van der Waals surface area contributed by atoms with Crippen molar-refractivity contribution in [3.63, 3.8) is 0 Å². The van der Waals surface area contributed by atoms with E-state index < -0.39 is 4.92 Å². The Hall–Kier alpha value is -3.16. The van der Waals surface area contributed by atoms with E-state index in [0.29, 0.717) is 17.3 Å². The first kappa shape index (κ1) is 12.9. The molecule has 0 unspecified atom stereocenters. The van der Waals surface area contributed by atoms with Gasteiger partial charge in [0.2, 0.25) is 6.79 Å². The minimum Gasteiger partial charge on any atom is -0.463 e. The van der Waals surface area contributed by atoms with E-state index in [4.69, 9.17) is 13.9 Å². The summed E-state index contributed by atoms with van der Waals surface area (Å²) in [7, 11) is 0. The first-order valence-corrected chi connectivity index (χ1v) is 5.92. The smallest absolute Gasteiger partial charge is 0.282 e. The Morgan fingerprint density at radius 1 is 1.19 bits per heavy atom. The summed E-state index contributed by atoms with van der Waals surface area (Å²) in [4.78, 5) is 10.5. The molecule has 3 rings (SSSR count). The number of benzene rings is 1. The molecule has 1 aliphatic rings. The van der Waals surface area contributed by atoms with Crippen molar-refractivity contribution in [1.29, 1.82) is 0 Å². The number of nitrogens with zero attached hydrogens (tertiary/aromatic N) is 3. The van der Waals surface area contributed by atoms with Gasteiger partial charge in [-0.3, -0.25) is 10.1 Å². The van der Waals surface area contributed by atoms with Gasteiger partial charge in [0, 0.05) is 0 Å². The van der Waals surface area contributed by atoms with E-state index in [-0.39, 0.29) is 18.0 Å². The predicted octanol–water partition coefficient (Wildman–Crippen LogP) is 2.37. The standard InChI is InChI=1S/C13H9N3O5/c17-16(18)11-5-13-12(20-8-21-13)4-9(11)6-14-15-7-10-2-1-3-19-10/h1-7H,8H2/b14-6+,15-7?. The quantitative estimate of drug-likeness (QED) is 0.488. The maximum Gasteiger partial charge on any atom is 0.282 e. The zero-order chi connectivity index (χ0) is 14.7. The van der Waals surface area contributed by atoms with E-state index in [9.17, 15) is 10.1 Å². The van der Waals surface area contributed by atoms with Gasteiger partial charge in [0.15, 0.2) is 11.5 Å². The van der Waals surface area contributed by atoms with Crippen LogP contribution in [0.4, 0.5) is 5.69 Å². The number of rotatable bonds is 4. The average molecular weight is 287 g/mol. The van der Waals surface area contributed by atoms with Crippen molar-refractivity contribution in [3.8, 4) is 11.5 Å². The highest BCUT2D eigenvalue weighted by molar-refractivity contribution is 5.87. The van der Waals surface area contributed by atoms with Gasteiger partial charge in [0.25, 0.3) is 5.69 Å². The van der Waals surface area contributed by atoms with E-state index in [1.807, 2.05) is 0 Å².